The minimum absolute atomic E-state index is 0. The van der Waals surface area contributed by atoms with Gasteiger partial charge in [-0.05, 0) is 25.8 Å². The van der Waals surface area contributed by atoms with Crippen molar-refractivity contribution in [3.8, 4) is 0 Å². The van der Waals surface area contributed by atoms with Crippen LogP contribution in [0.5, 0.6) is 0 Å². The van der Waals surface area contributed by atoms with Gasteiger partial charge in [-0.2, -0.15) is 0 Å². The first-order chi connectivity index (χ1) is 8.54. The number of nitrogens with one attached hydrogen (secondary N) is 2. The Labute approximate surface area is 121 Å². The summed E-state index contributed by atoms with van der Waals surface area (Å²) in [5.41, 5.74) is 0. The Morgan fingerprint density at radius 1 is 1.47 bits per heavy atom. The highest BCUT2D eigenvalue weighted by atomic mass is 35.5. The molecule has 0 aromatic rings. The topological polar surface area (TPSA) is 61.4 Å². The number of hydrogen-bond acceptors (Lipinski definition) is 3. The zero-order valence-corrected chi connectivity index (χ0v) is 12.9. The van der Waals surface area contributed by atoms with Crippen LogP contribution in [-0.2, 0) is 9.59 Å². The number of amides is 2. The Kier molecular flexibility index (Phi) is 8.76. The van der Waals surface area contributed by atoms with E-state index in [1.807, 2.05) is 6.92 Å². The van der Waals surface area contributed by atoms with Crippen molar-refractivity contribution in [2.75, 3.05) is 27.2 Å². The number of nitrogens with zero attached hydrogens (tertiary/aromatic N) is 1. The van der Waals surface area contributed by atoms with Gasteiger partial charge in [0.15, 0.2) is 0 Å². The Bertz CT molecular complexity index is 294. The first kappa shape index (κ1) is 18.2. The molecule has 2 N–H and O–H groups in total. The number of hydrogen-bond donors (Lipinski definition) is 2. The highest BCUT2D eigenvalue weighted by Crippen LogP contribution is 2.12. The number of rotatable bonds is 6. The third kappa shape index (κ3) is 6.25. The van der Waals surface area contributed by atoms with E-state index in [0.29, 0.717) is 19.0 Å². The Morgan fingerprint density at radius 2 is 2.16 bits per heavy atom. The van der Waals surface area contributed by atoms with E-state index < -0.39 is 0 Å². The van der Waals surface area contributed by atoms with E-state index in [2.05, 4.69) is 10.6 Å². The summed E-state index contributed by atoms with van der Waals surface area (Å²) in [6, 6.07) is 0.499. The quantitative estimate of drug-likeness (QED) is 0.760. The Morgan fingerprint density at radius 3 is 2.68 bits per heavy atom. The predicted molar refractivity (Wildman–Crippen MR) is 78.4 cm³/mol. The van der Waals surface area contributed by atoms with Gasteiger partial charge in [-0.1, -0.05) is 6.92 Å². The minimum Gasteiger partial charge on any atom is -0.359 e. The summed E-state index contributed by atoms with van der Waals surface area (Å²) in [5.74, 6) is -0.0554. The number of carbonyl (C=O) groups excluding carboxylic acids is 2. The van der Waals surface area contributed by atoms with Gasteiger partial charge in [0.1, 0.15) is 0 Å². The van der Waals surface area contributed by atoms with Crippen LogP contribution in [0.25, 0.3) is 0 Å². The van der Waals surface area contributed by atoms with Crippen LogP contribution < -0.4 is 10.6 Å². The molecule has 0 aliphatic carbocycles. The van der Waals surface area contributed by atoms with Crippen LogP contribution in [0.4, 0.5) is 0 Å². The predicted octanol–water partition coefficient (Wildman–Crippen LogP) is 0.781. The highest BCUT2D eigenvalue weighted by molar-refractivity contribution is 5.85. The zero-order valence-electron chi connectivity index (χ0n) is 12.1. The van der Waals surface area contributed by atoms with Gasteiger partial charge >= 0.3 is 0 Å². The summed E-state index contributed by atoms with van der Waals surface area (Å²) in [6.45, 7) is 3.39. The molecule has 0 aromatic carbocycles. The first-order valence-electron chi connectivity index (χ1n) is 6.73. The molecule has 0 spiro atoms. The van der Waals surface area contributed by atoms with E-state index in [-0.39, 0.29) is 30.1 Å². The van der Waals surface area contributed by atoms with Crippen molar-refractivity contribution in [1.29, 1.82) is 0 Å². The lowest BCUT2D eigenvalue weighted by Crippen LogP contribution is -2.37. The monoisotopic (exact) mass is 291 g/mol. The molecule has 1 fully saturated rings. The average Bonchev–Trinajstić information content (AvgIpc) is 2.87. The van der Waals surface area contributed by atoms with Crippen molar-refractivity contribution in [3.63, 3.8) is 0 Å². The van der Waals surface area contributed by atoms with Gasteiger partial charge in [0.05, 0.1) is 5.92 Å². The van der Waals surface area contributed by atoms with Gasteiger partial charge in [-0.3, -0.25) is 9.59 Å². The van der Waals surface area contributed by atoms with Crippen molar-refractivity contribution >= 4 is 24.2 Å². The second kappa shape index (κ2) is 9.15. The first-order valence-corrected chi connectivity index (χ1v) is 6.73. The second-order valence-corrected chi connectivity index (χ2v) is 5.12. The van der Waals surface area contributed by atoms with E-state index in [9.17, 15) is 9.59 Å². The molecule has 5 nitrogen and oxygen atoms in total. The Hall–Kier alpha value is -0.810. The van der Waals surface area contributed by atoms with Crippen LogP contribution in [0.15, 0.2) is 0 Å². The molecule has 1 heterocycles. The van der Waals surface area contributed by atoms with Crippen molar-refractivity contribution in [3.05, 3.63) is 0 Å². The summed E-state index contributed by atoms with van der Waals surface area (Å²) in [6.07, 6.45) is 3.85. The van der Waals surface area contributed by atoms with Crippen molar-refractivity contribution in [2.45, 2.75) is 38.6 Å². The third-order valence-electron chi connectivity index (χ3n) is 3.54. The maximum Gasteiger partial charge on any atom is 0.224 e. The normalized spacial score (nSPS) is 19.4. The molecule has 19 heavy (non-hydrogen) atoms. The van der Waals surface area contributed by atoms with Crippen LogP contribution in [0.3, 0.4) is 0 Å². The van der Waals surface area contributed by atoms with E-state index in [4.69, 9.17) is 0 Å². The molecule has 2 unspecified atom stereocenters. The molecule has 0 saturated carbocycles. The fourth-order valence-electron chi connectivity index (χ4n) is 2.33. The van der Waals surface area contributed by atoms with Gasteiger partial charge in [-0.15, -0.1) is 12.4 Å². The van der Waals surface area contributed by atoms with Crippen LogP contribution >= 0.6 is 12.4 Å². The molecular weight excluding hydrogens is 266 g/mol. The molecule has 0 aromatic heterocycles. The fraction of sp³-hybridized carbons (Fsp3) is 0.846. The molecule has 1 aliphatic heterocycles. The van der Waals surface area contributed by atoms with E-state index in [1.165, 1.54) is 12.8 Å². The summed E-state index contributed by atoms with van der Waals surface area (Å²) in [4.78, 5) is 25.0. The van der Waals surface area contributed by atoms with E-state index in [1.54, 1.807) is 19.0 Å². The average molecular weight is 292 g/mol. The molecule has 6 heteroatoms. The van der Waals surface area contributed by atoms with Gasteiger partial charge in [0.25, 0.3) is 0 Å². The molecule has 1 aliphatic rings. The Balaban J connectivity index is 0.00000324. The molecule has 2 atom stereocenters. The minimum atomic E-state index is -0.159. The third-order valence-corrected chi connectivity index (χ3v) is 3.54. The lowest BCUT2D eigenvalue weighted by Gasteiger charge is -2.21. The van der Waals surface area contributed by atoms with Crippen LogP contribution in [0.1, 0.15) is 32.6 Å². The highest BCUT2D eigenvalue weighted by Gasteiger charge is 2.19. The summed E-state index contributed by atoms with van der Waals surface area (Å²) >= 11 is 0. The largest absolute Gasteiger partial charge is 0.359 e. The smallest absolute Gasteiger partial charge is 0.224 e. The standard InChI is InChI=1S/C13H25N3O2.ClH/c1-10(13(18)14-2)9-16(3)12(17)7-6-11-5-4-8-15-11;/h10-11,15H,4-9H2,1-3H3,(H,14,18);1H. The van der Waals surface area contributed by atoms with Gasteiger partial charge in [0, 0.05) is 33.1 Å². The summed E-state index contributed by atoms with van der Waals surface area (Å²) in [7, 11) is 3.39. The number of halogens is 1. The lowest BCUT2D eigenvalue weighted by molar-refractivity contribution is -0.132. The van der Waals surface area contributed by atoms with Crippen molar-refractivity contribution < 1.29 is 9.59 Å². The molecule has 0 bridgehead atoms. The maximum absolute atomic E-state index is 11.9. The van der Waals surface area contributed by atoms with E-state index in [0.717, 1.165) is 13.0 Å². The van der Waals surface area contributed by atoms with Crippen molar-refractivity contribution in [1.82, 2.24) is 15.5 Å². The molecule has 1 saturated heterocycles. The van der Waals surface area contributed by atoms with Crippen LogP contribution in [0, 0.1) is 5.92 Å². The van der Waals surface area contributed by atoms with Crippen molar-refractivity contribution in [2.24, 2.45) is 5.92 Å². The molecule has 1 rings (SSSR count). The maximum atomic E-state index is 11.9. The summed E-state index contributed by atoms with van der Waals surface area (Å²) in [5, 5.41) is 5.98. The molecular formula is C13H26ClN3O2. The van der Waals surface area contributed by atoms with E-state index >= 15 is 0 Å². The van der Waals surface area contributed by atoms with Gasteiger partial charge in [0.2, 0.25) is 11.8 Å². The number of carbonyl (C=O) groups is 2. The van der Waals surface area contributed by atoms with Crippen LogP contribution in [0.2, 0.25) is 0 Å². The zero-order chi connectivity index (χ0) is 13.5. The lowest BCUT2D eigenvalue weighted by atomic mass is 10.1. The summed E-state index contributed by atoms with van der Waals surface area (Å²) < 4.78 is 0. The molecule has 0 radical (unpaired) electrons. The molecule has 2 amide bonds. The van der Waals surface area contributed by atoms with Crippen LogP contribution in [-0.4, -0.2) is 49.9 Å². The molecule has 112 valence electrons. The second-order valence-electron chi connectivity index (χ2n) is 5.12. The van der Waals surface area contributed by atoms with Gasteiger partial charge < -0.3 is 15.5 Å². The fourth-order valence-corrected chi connectivity index (χ4v) is 2.33. The van der Waals surface area contributed by atoms with Gasteiger partial charge in [-0.25, -0.2) is 0 Å². The SMILES string of the molecule is CNC(=O)C(C)CN(C)C(=O)CCC1CCCN1.Cl.